The van der Waals surface area contributed by atoms with Crippen LogP contribution in [0.3, 0.4) is 0 Å². The number of hydrogen-bond donors (Lipinski definition) is 0. The molecule has 0 saturated heterocycles. The van der Waals surface area contributed by atoms with E-state index in [0.717, 1.165) is 22.4 Å². The zero-order chi connectivity index (χ0) is 21.0. The molecule has 0 unspecified atom stereocenters. The van der Waals surface area contributed by atoms with Gasteiger partial charge < -0.3 is 4.74 Å². The molecule has 152 valence electrons. The Bertz CT molecular complexity index is 1120. The summed E-state index contributed by atoms with van der Waals surface area (Å²) < 4.78 is 10.1. The van der Waals surface area contributed by atoms with Crippen LogP contribution >= 0.6 is 0 Å². The first kappa shape index (κ1) is 20.2. The molecule has 1 aromatic carbocycles. The number of hydrogen-bond acceptors (Lipinski definition) is 7. The van der Waals surface area contributed by atoms with Crippen LogP contribution < -0.4 is 5.69 Å². The minimum absolute atomic E-state index is 0.235. The third-order valence-corrected chi connectivity index (χ3v) is 4.46. The molecule has 0 amide bonds. The summed E-state index contributed by atoms with van der Waals surface area (Å²) in [4.78, 5) is 12.3. The van der Waals surface area contributed by atoms with Gasteiger partial charge in [-0.25, -0.2) is 4.79 Å². The van der Waals surface area contributed by atoms with Crippen molar-refractivity contribution in [1.29, 1.82) is 0 Å². The number of nitrogens with zero attached hydrogens (tertiary/aromatic N) is 8. The summed E-state index contributed by atoms with van der Waals surface area (Å²) in [5.74, 6) is 0.494. The highest BCUT2D eigenvalue weighted by Crippen LogP contribution is 2.18. The van der Waals surface area contributed by atoms with Crippen LogP contribution in [0.15, 0.2) is 45.6 Å². The second-order valence-corrected chi connectivity index (χ2v) is 6.59. The molecule has 0 spiro atoms. The quantitative estimate of drug-likeness (QED) is 0.359. The Labute approximate surface area is 168 Å². The lowest BCUT2D eigenvalue weighted by atomic mass is 10.1. The molecule has 0 aliphatic heterocycles. The summed E-state index contributed by atoms with van der Waals surface area (Å²) in [5, 5.41) is 20.3. The van der Waals surface area contributed by atoms with E-state index in [-0.39, 0.29) is 12.3 Å². The van der Waals surface area contributed by atoms with Crippen molar-refractivity contribution >= 4 is 11.6 Å². The van der Waals surface area contributed by atoms with Gasteiger partial charge in [-0.15, -0.1) is 5.10 Å². The summed E-state index contributed by atoms with van der Waals surface area (Å²) in [5.41, 5.74) is 3.77. The van der Waals surface area contributed by atoms with Crippen molar-refractivity contribution < 1.29 is 4.74 Å². The normalized spacial score (nSPS) is 12.4. The Hall–Kier alpha value is -3.56. The highest BCUT2D eigenvalue weighted by Gasteiger charge is 2.14. The summed E-state index contributed by atoms with van der Waals surface area (Å²) in [7, 11) is 3.41. The van der Waals surface area contributed by atoms with Crippen molar-refractivity contribution in [3.8, 4) is 5.69 Å². The maximum absolute atomic E-state index is 12.3. The van der Waals surface area contributed by atoms with E-state index < -0.39 is 0 Å². The molecule has 0 saturated carbocycles. The summed E-state index contributed by atoms with van der Waals surface area (Å²) >= 11 is 0. The summed E-state index contributed by atoms with van der Waals surface area (Å²) in [6.07, 6.45) is 4.19. The number of aromatic nitrogens is 6. The molecule has 2 heterocycles. The van der Waals surface area contributed by atoms with Crippen molar-refractivity contribution in [2.24, 2.45) is 24.3 Å². The SMILES string of the molecule is CCC(=NN=C(C)c1cnn(C)c1)OCc1c(C)cccc1-n1nnn(C)c1=O. The van der Waals surface area contributed by atoms with Crippen LogP contribution in [-0.2, 0) is 25.4 Å². The van der Waals surface area contributed by atoms with Gasteiger partial charge in [-0.2, -0.15) is 19.6 Å². The van der Waals surface area contributed by atoms with Crippen LogP contribution in [0, 0.1) is 6.92 Å². The first-order chi connectivity index (χ1) is 13.9. The zero-order valence-electron chi connectivity index (χ0n) is 17.2. The van der Waals surface area contributed by atoms with E-state index in [1.54, 1.807) is 17.9 Å². The predicted molar refractivity (Wildman–Crippen MR) is 109 cm³/mol. The minimum Gasteiger partial charge on any atom is -0.475 e. The number of tetrazole rings is 1. The van der Waals surface area contributed by atoms with Crippen molar-refractivity contribution in [2.75, 3.05) is 0 Å². The topological polar surface area (TPSA) is 104 Å². The van der Waals surface area contributed by atoms with Gasteiger partial charge in [0.2, 0.25) is 5.90 Å². The van der Waals surface area contributed by atoms with E-state index in [0.29, 0.717) is 18.0 Å². The molecule has 0 aliphatic rings. The maximum Gasteiger partial charge on any atom is 0.368 e. The molecule has 3 rings (SSSR count). The maximum atomic E-state index is 12.3. The molecule has 0 N–H and O–H groups in total. The molecule has 0 atom stereocenters. The molecule has 0 radical (unpaired) electrons. The fourth-order valence-corrected chi connectivity index (χ4v) is 2.69. The van der Waals surface area contributed by atoms with Gasteiger partial charge in [0.15, 0.2) is 0 Å². The third-order valence-electron chi connectivity index (χ3n) is 4.46. The molecule has 10 nitrogen and oxygen atoms in total. The lowest BCUT2D eigenvalue weighted by Crippen LogP contribution is -2.23. The average molecular weight is 396 g/mol. The van der Waals surface area contributed by atoms with Crippen LogP contribution in [-0.4, -0.2) is 41.2 Å². The molecular formula is C19H24N8O2. The van der Waals surface area contributed by atoms with Crippen LogP contribution in [0.4, 0.5) is 0 Å². The van der Waals surface area contributed by atoms with E-state index in [9.17, 15) is 4.79 Å². The molecule has 3 aromatic rings. The first-order valence-corrected chi connectivity index (χ1v) is 9.21. The summed E-state index contributed by atoms with van der Waals surface area (Å²) in [6, 6.07) is 5.64. The zero-order valence-corrected chi connectivity index (χ0v) is 17.2. The number of rotatable bonds is 6. The first-order valence-electron chi connectivity index (χ1n) is 9.21. The Morgan fingerprint density at radius 1 is 1.21 bits per heavy atom. The van der Waals surface area contributed by atoms with Crippen LogP contribution in [0.2, 0.25) is 0 Å². The number of aryl methyl sites for hydroxylation is 3. The van der Waals surface area contributed by atoms with Gasteiger partial charge in [0, 0.05) is 37.8 Å². The Balaban J connectivity index is 1.83. The molecular weight excluding hydrogens is 372 g/mol. The Morgan fingerprint density at radius 3 is 2.62 bits per heavy atom. The van der Waals surface area contributed by atoms with Crippen molar-refractivity contribution in [1.82, 2.24) is 29.6 Å². The third kappa shape index (κ3) is 4.48. The van der Waals surface area contributed by atoms with Crippen LogP contribution in [0.5, 0.6) is 0 Å². The second-order valence-electron chi connectivity index (χ2n) is 6.59. The predicted octanol–water partition coefficient (Wildman–Crippen LogP) is 1.76. The second kappa shape index (κ2) is 8.63. The minimum atomic E-state index is -0.321. The Kier molecular flexibility index (Phi) is 6.01. The van der Waals surface area contributed by atoms with Crippen LogP contribution in [0.1, 0.15) is 37.0 Å². The van der Waals surface area contributed by atoms with Gasteiger partial charge in [0.1, 0.15) is 6.61 Å². The van der Waals surface area contributed by atoms with Gasteiger partial charge in [-0.3, -0.25) is 4.68 Å². The van der Waals surface area contributed by atoms with Crippen molar-refractivity contribution in [2.45, 2.75) is 33.8 Å². The van der Waals surface area contributed by atoms with Gasteiger partial charge >= 0.3 is 5.69 Å². The lowest BCUT2D eigenvalue weighted by Gasteiger charge is -2.13. The standard InChI is InChI=1S/C19H24N8O2/c1-6-18(22-21-14(3)15-10-20-25(4)11-15)29-12-16-13(2)8-7-9-17(16)27-19(28)26(5)23-24-27/h7-11H,6,12H2,1-5H3. The van der Waals surface area contributed by atoms with Crippen molar-refractivity contribution in [3.05, 3.63) is 57.8 Å². The number of benzene rings is 1. The van der Waals surface area contributed by atoms with E-state index in [1.165, 1.54) is 9.36 Å². The van der Waals surface area contributed by atoms with Crippen LogP contribution in [0.25, 0.3) is 5.69 Å². The summed E-state index contributed by atoms with van der Waals surface area (Å²) in [6.45, 7) is 6.00. The van der Waals surface area contributed by atoms with Gasteiger partial charge in [0.25, 0.3) is 0 Å². The largest absolute Gasteiger partial charge is 0.475 e. The van der Waals surface area contributed by atoms with Gasteiger partial charge in [-0.05, 0) is 35.9 Å². The smallest absolute Gasteiger partial charge is 0.368 e. The average Bonchev–Trinajstić information content (AvgIpc) is 3.28. The van der Waals surface area contributed by atoms with Crippen molar-refractivity contribution in [3.63, 3.8) is 0 Å². The highest BCUT2D eigenvalue weighted by atomic mass is 16.5. The molecule has 29 heavy (non-hydrogen) atoms. The molecule has 0 aliphatic carbocycles. The van der Waals surface area contributed by atoms with E-state index in [1.807, 2.05) is 52.2 Å². The molecule has 10 heteroatoms. The number of ether oxygens (including phenoxy) is 1. The lowest BCUT2D eigenvalue weighted by molar-refractivity contribution is 0.282. The Morgan fingerprint density at radius 2 is 2.00 bits per heavy atom. The van der Waals surface area contributed by atoms with E-state index >= 15 is 0 Å². The molecule has 2 aromatic heterocycles. The van der Waals surface area contributed by atoms with E-state index in [2.05, 4.69) is 25.7 Å². The van der Waals surface area contributed by atoms with Gasteiger partial charge in [-0.1, -0.05) is 19.1 Å². The fourth-order valence-electron chi connectivity index (χ4n) is 2.69. The van der Waals surface area contributed by atoms with Gasteiger partial charge in [0.05, 0.1) is 17.6 Å². The fraction of sp³-hybridized carbons (Fsp3) is 0.368. The monoisotopic (exact) mass is 396 g/mol. The van der Waals surface area contributed by atoms with E-state index in [4.69, 9.17) is 4.74 Å². The molecule has 0 bridgehead atoms. The highest BCUT2D eigenvalue weighted by molar-refractivity contribution is 5.98. The molecule has 0 fully saturated rings.